The van der Waals surface area contributed by atoms with Crippen LogP contribution in [0.15, 0.2) is 18.2 Å². The van der Waals surface area contributed by atoms with E-state index < -0.39 is 10.0 Å². The average molecular weight is 349 g/mol. The molecule has 0 radical (unpaired) electrons. The van der Waals surface area contributed by atoms with Crippen LogP contribution >= 0.6 is 11.6 Å². The molecule has 1 aromatic carbocycles. The van der Waals surface area contributed by atoms with Crippen LogP contribution in [0.1, 0.15) is 19.8 Å². The number of anilines is 1. The zero-order valence-electron chi connectivity index (χ0n) is 12.9. The molecule has 0 saturated heterocycles. The first-order valence-electron chi connectivity index (χ1n) is 6.86. The largest absolute Gasteiger partial charge is 0.495 e. The van der Waals surface area contributed by atoms with Gasteiger partial charge in [0.1, 0.15) is 5.75 Å². The van der Waals surface area contributed by atoms with Gasteiger partial charge in [0.2, 0.25) is 15.9 Å². The lowest BCUT2D eigenvalue weighted by molar-refractivity contribution is -0.116. The molecule has 1 N–H and O–H groups in total. The van der Waals surface area contributed by atoms with Crippen molar-refractivity contribution in [2.75, 3.05) is 31.8 Å². The number of ether oxygens (including phenoxy) is 1. The molecule has 0 fully saturated rings. The van der Waals surface area contributed by atoms with Crippen molar-refractivity contribution >= 4 is 33.2 Å². The minimum absolute atomic E-state index is 0.0801. The van der Waals surface area contributed by atoms with Gasteiger partial charge in [0.25, 0.3) is 0 Å². The molecular weight excluding hydrogens is 328 g/mol. The Labute approximate surface area is 136 Å². The van der Waals surface area contributed by atoms with Crippen molar-refractivity contribution in [3.05, 3.63) is 23.2 Å². The highest BCUT2D eigenvalue weighted by molar-refractivity contribution is 7.88. The molecule has 1 aromatic rings. The molecule has 0 aliphatic carbocycles. The number of nitrogens with one attached hydrogen (secondary N) is 1. The van der Waals surface area contributed by atoms with Crippen LogP contribution in [-0.4, -0.2) is 45.1 Å². The highest BCUT2D eigenvalue weighted by Crippen LogP contribution is 2.27. The third-order valence-corrected chi connectivity index (χ3v) is 4.56. The summed E-state index contributed by atoms with van der Waals surface area (Å²) in [6.45, 7) is 2.44. The molecule has 0 aliphatic rings. The maximum absolute atomic E-state index is 11.9. The van der Waals surface area contributed by atoms with E-state index in [9.17, 15) is 13.2 Å². The van der Waals surface area contributed by atoms with E-state index in [0.717, 1.165) is 6.26 Å². The summed E-state index contributed by atoms with van der Waals surface area (Å²) in [6.07, 6.45) is 1.92. The van der Waals surface area contributed by atoms with Crippen molar-refractivity contribution in [2.45, 2.75) is 19.8 Å². The molecule has 22 heavy (non-hydrogen) atoms. The summed E-state index contributed by atoms with van der Waals surface area (Å²) < 4.78 is 29.5. The molecule has 1 rings (SSSR count). The van der Waals surface area contributed by atoms with E-state index in [4.69, 9.17) is 16.3 Å². The van der Waals surface area contributed by atoms with Crippen LogP contribution in [0.25, 0.3) is 0 Å². The second kappa shape index (κ2) is 8.36. The van der Waals surface area contributed by atoms with E-state index in [0.29, 0.717) is 29.4 Å². The highest BCUT2D eigenvalue weighted by atomic mass is 35.5. The van der Waals surface area contributed by atoms with Gasteiger partial charge in [-0.15, -0.1) is 0 Å². The number of nitrogens with zero attached hydrogens (tertiary/aromatic N) is 1. The quantitative estimate of drug-likeness (QED) is 0.782. The molecule has 8 heteroatoms. The topological polar surface area (TPSA) is 75.7 Å². The van der Waals surface area contributed by atoms with E-state index >= 15 is 0 Å². The number of benzene rings is 1. The second-order valence-corrected chi connectivity index (χ2v) is 7.20. The summed E-state index contributed by atoms with van der Waals surface area (Å²) in [5.41, 5.74) is 0.539. The lowest BCUT2D eigenvalue weighted by Gasteiger charge is -2.18. The van der Waals surface area contributed by atoms with Gasteiger partial charge in [-0.3, -0.25) is 4.79 Å². The van der Waals surface area contributed by atoms with Crippen molar-refractivity contribution in [3.63, 3.8) is 0 Å². The number of halogens is 1. The van der Waals surface area contributed by atoms with E-state index in [1.165, 1.54) is 11.4 Å². The van der Waals surface area contributed by atoms with Crippen LogP contribution in [0, 0.1) is 0 Å². The van der Waals surface area contributed by atoms with E-state index in [1.807, 2.05) is 6.92 Å². The summed E-state index contributed by atoms with van der Waals surface area (Å²) in [4.78, 5) is 11.9. The van der Waals surface area contributed by atoms with Crippen LogP contribution in [0.3, 0.4) is 0 Å². The summed E-state index contributed by atoms with van der Waals surface area (Å²) in [7, 11) is -1.79. The van der Waals surface area contributed by atoms with Crippen LogP contribution in [-0.2, 0) is 14.8 Å². The van der Waals surface area contributed by atoms with E-state index in [2.05, 4.69) is 5.32 Å². The molecule has 0 saturated carbocycles. The fourth-order valence-electron chi connectivity index (χ4n) is 1.89. The minimum Gasteiger partial charge on any atom is -0.495 e. The van der Waals surface area contributed by atoms with Crippen molar-refractivity contribution in [2.24, 2.45) is 0 Å². The minimum atomic E-state index is -3.30. The molecule has 0 heterocycles. The molecule has 0 atom stereocenters. The summed E-state index contributed by atoms with van der Waals surface area (Å²) >= 11 is 5.98. The van der Waals surface area contributed by atoms with Crippen LogP contribution in [0.5, 0.6) is 5.75 Å². The van der Waals surface area contributed by atoms with Crippen molar-refractivity contribution in [3.8, 4) is 5.75 Å². The van der Waals surface area contributed by atoms with Crippen molar-refractivity contribution in [1.82, 2.24) is 4.31 Å². The number of hydrogen-bond donors (Lipinski definition) is 1. The van der Waals surface area contributed by atoms with Crippen LogP contribution in [0.4, 0.5) is 5.69 Å². The average Bonchev–Trinajstić information content (AvgIpc) is 2.42. The van der Waals surface area contributed by atoms with E-state index in [-0.39, 0.29) is 18.9 Å². The third-order valence-electron chi connectivity index (χ3n) is 2.97. The van der Waals surface area contributed by atoms with Crippen molar-refractivity contribution in [1.29, 1.82) is 0 Å². The number of methoxy groups -OCH3 is 1. The van der Waals surface area contributed by atoms with Gasteiger partial charge in [-0.2, -0.15) is 0 Å². The smallest absolute Gasteiger partial charge is 0.225 e. The normalized spacial score (nSPS) is 11.5. The molecule has 0 bridgehead atoms. The Morgan fingerprint density at radius 1 is 1.36 bits per heavy atom. The Hall–Kier alpha value is -1.31. The number of sulfonamides is 1. The summed E-state index contributed by atoms with van der Waals surface area (Å²) in [5.74, 6) is 0.247. The predicted molar refractivity (Wildman–Crippen MR) is 88.0 cm³/mol. The van der Waals surface area contributed by atoms with Gasteiger partial charge in [-0.25, -0.2) is 12.7 Å². The highest BCUT2D eigenvalue weighted by Gasteiger charge is 2.16. The maximum atomic E-state index is 11.9. The lowest BCUT2D eigenvalue weighted by Crippen LogP contribution is -2.33. The van der Waals surface area contributed by atoms with Gasteiger partial charge in [-0.05, 0) is 24.6 Å². The molecular formula is C14H21ClN2O4S. The number of carbonyl (C=O) groups is 1. The Morgan fingerprint density at radius 2 is 2.05 bits per heavy atom. The number of rotatable bonds is 8. The molecule has 124 valence electrons. The third kappa shape index (κ3) is 5.82. The van der Waals surface area contributed by atoms with Gasteiger partial charge < -0.3 is 10.1 Å². The lowest BCUT2D eigenvalue weighted by atomic mass is 10.3. The monoisotopic (exact) mass is 348 g/mol. The zero-order chi connectivity index (χ0) is 16.8. The standard InChI is InChI=1S/C14H21ClN2O4S/c1-4-8-17(22(3,19)20)9-7-14(18)16-11-5-6-13(21-2)12(15)10-11/h5-6,10H,4,7-9H2,1-3H3,(H,16,18). The van der Waals surface area contributed by atoms with Gasteiger partial charge in [0.05, 0.1) is 18.4 Å². The first-order valence-corrected chi connectivity index (χ1v) is 9.09. The zero-order valence-corrected chi connectivity index (χ0v) is 14.5. The summed E-state index contributed by atoms with van der Waals surface area (Å²) in [6, 6.07) is 4.90. The van der Waals surface area contributed by atoms with Gasteiger partial charge >= 0.3 is 0 Å². The van der Waals surface area contributed by atoms with Crippen LogP contribution in [0.2, 0.25) is 5.02 Å². The molecule has 0 aliphatic heterocycles. The molecule has 0 aromatic heterocycles. The van der Waals surface area contributed by atoms with E-state index in [1.54, 1.807) is 18.2 Å². The van der Waals surface area contributed by atoms with Crippen LogP contribution < -0.4 is 10.1 Å². The fraction of sp³-hybridized carbons (Fsp3) is 0.500. The van der Waals surface area contributed by atoms with Gasteiger partial charge in [0, 0.05) is 25.2 Å². The Morgan fingerprint density at radius 3 is 2.55 bits per heavy atom. The number of carbonyl (C=O) groups excluding carboxylic acids is 1. The molecule has 0 spiro atoms. The Kier molecular flexibility index (Phi) is 7.12. The maximum Gasteiger partial charge on any atom is 0.225 e. The molecule has 0 unspecified atom stereocenters. The number of hydrogen-bond acceptors (Lipinski definition) is 4. The first kappa shape index (κ1) is 18.7. The molecule has 6 nitrogen and oxygen atoms in total. The SMILES string of the molecule is CCCN(CCC(=O)Nc1ccc(OC)c(Cl)c1)S(C)(=O)=O. The Bertz CT molecular complexity index is 619. The van der Waals surface area contributed by atoms with Crippen molar-refractivity contribution < 1.29 is 17.9 Å². The predicted octanol–water partition coefficient (Wildman–Crippen LogP) is 2.35. The Balaban J connectivity index is 2.61. The first-order chi connectivity index (χ1) is 10.3. The molecule has 1 amide bonds. The fourth-order valence-corrected chi connectivity index (χ4v) is 3.08. The number of amides is 1. The van der Waals surface area contributed by atoms with Gasteiger partial charge in [0.15, 0.2) is 0 Å². The summed E-state index contributed by atoms with van der Waals surface area (Å²) in [5, 5.41) is 3.08. The second-order valence-electron chi connectivity index (χ2n) is 4.81. The van der Waals surface area contributed by atoms with Gasteiger partial charge in [-0.1, -0.05) is 18.5 Å².